The number of allylic oxidation sites excluding steroid dienone is 1. The van der Waals surface area contributed by atoms with E-state index in [1.807, 2.05) is 0 Å². The SMILES string of the molecule is C=CC1CCC(c2ccc(-c3ccc4c(c3)CCC(C3CCC(CC)CC3)C4)cc2)CC1. The Kier molecular flexibility index (Phi) is 6.86. The molecule has 3 aliphatic rings. The predicted molar refractivity (Wildman–Crippen MR) is 138 cm³/mol. The Bertz CT molecular complexity index is 888. The number of hydrogen-bond donors (Lipinski definition) is 0. The van der Waals surface area contributed by atoms with Gasteiger partial charge < -0.3 is 0 Å². The molecule has 0 radical (unpaired) electrons. The standard InChI is InChI=1S/C32H42/c1-3-23-5-9-25(10-6-23)26-13-15-28(16-14-26)30-18-20-31-21-29(17-19-32(31)22-30)27-11-7-24(4-2)8-12-27/h3,13-16,18,20,22-25,27,29H,1,4-12,17,19,21H2,2H3. The maximum absolute atomic E-state index is 3.99. The van der Waals surface area contributed by atoms with Crippen molar-refractivity contribution in [1.82, 2.24) is 0 Å². The molecule has 5 rings (SSSR count). The second-order valence-electron chi connectivity index (χ2n) is 11.1. The first kappa shape index (κ1) is 22.0. The van der Waals surface area contributed by atoms with Crippen molar-refractivity contribution in [2.75, 3.05) is 0 Å². The summed E-state index contributed by atoms with van der Waals surface area (Å²) in [6, 6.07) is 16.9. The van der Waals surface area contributed by atoms with Gasteiger partial charge in [0.25, 0.3) is 0 Å². The quantitative estimate of drug-likeness (QED) is 0.418. The van der Waals surface area contributed by atoms with Crippen molar-refractivity contribution in [3.05, 3.63) is 71.8 Å². The van der Waals surface area contributed by atoms with E-state index in [2.05, 4.69) is 62.0 Å². The van der Waals surface area contributed by atoms with Crippen LogP contribution in [0.2, 0.25) is 0 Å². The molecule has 0 amide bonds. The summed E-state index contributed by atoms with van der Waals surface area (Å²) < 4.78 is 0. The molecule has 1 atom stereocenters. The monoisotopic (exact) mass is 426 g/mol. The number of benzene rings is 2. The minimum absolute atomic E-state index is 0.743. The summed E-state index contributed by atoms with van der Waals surface area (Å²) in [4.78, 5) is 0. The van der Waals surface area contributed by atoms with E-state index in [1.165, 1.54) is 93.7 Å². The summed E-state index contributed by atoms with van der Waals surface area (Å²) in [5.74, 6) is 4.42. The lowest BCUT2D eigenvalue weighted by Crippen LogP contribution is -2.26. The zero-order valence-corrected chi connectivity index (χ0v) is 20.2. The lowest BCUT2D eigenvalue weighted by atomic mass is 9.69. The molecule has 3 aliphatic carbocycles. The van der Waals surface area contributed by atoms with Gasteiger partial charge in [0.05, 0.1) is 0 Å². The number of rotatable bonds is 5. The molecule has 2 saturated carbocycles. The van der Waals surface area contributed by atoms with Gasteiger partial charge in [-0.15, -0.1) is 6.58 Å². The van der Waals surface area contributed by atoms with Gasteiger partial charge in [0, 0.05) is 0 Å². The van der Waals surface area contributed by atoms with Gasteiger partial charge in [-0.25, -0.2) is 0 Å². The van der Waals surface area contributed by atoms with E-state index in [-0.39, 0.29) is 0 Å². The van der Waals surface area contributed by atoms with Crippen molar-refractivity contribution in [2.45, 2.75) is 89.9 Å². The van der Waals surface area contributed by atoms with Crippen LogP contribution >= 0.6 is 0 Å². The molecule has 1 unspecified atom stereocenters. The Morgan fingerprint density at radius 1 is 0.750 bits per heavy atom. The molecule has 2 aromatic rings. The Labute approximate surface area is 196 Å². The summed E-state index contributed by atoms with van der Waals surface area (Å²) in [6.07, 6.45) is 18.7. The Morgan fingerprint density at radius 3 is 2.16 bits per heavy atom. The van der Waals surface area contributed by atoms with E-state index >= 15 is 0 Å². The molecular weight excluding hydrogens is 384 g/mol. The first-order valence-electron chi connectivity index (χ1n) is 13.6. The molecule has 2 fully saturated rings. The van der Waals surface area contributed by atoms with Crippen molar-refractivity contribution in [3.8, 4) is 11.1 Å². The van der Waals surface area contributed by atoms with Crippen molar-refractivity contribution in [1.29, 1.82) is 0 Å². The van der Waals surface area contributed by atoms with E-state index in [9.17, 15) is 0 Å². The maximum Gasteiger partial charge on any atom is -0.0162 e. The molecule has 0 bridgehead atoms. The fourth-order valence-corrected chi connectivity index (χ4v) is 7.07. The van der Waals surface area contributed by atoms with Crippen molar-refractivity contribution in [2.24, 2.45) is 23.7 Å². The van der Waals surface area contributed by atoms with Crippen molar-refractivity contribution < 1.29 is 0 Å². The van der Waals surface area contributed by atoms with Crippen molar-refractivity contribution in [3.63, 3.8) is 0 Å². The Hall–Kier alpha value is -1.82. The number of aryl methyl sites for hydroxylation is 1. The zero-order valence-electron chi connectivity index (χ0n) is 20.2. The van der Waals surface area contributed by atoms with Crippen LogP contribution in [-0.2, 0) is 12.8 Å². The second kappa shape index (κ2) is 9.98. The lowest BCUT2D eigenvalue weighted by molar-refractivity contribution is 0.187. The van der Waals surface area contributed by atoms with Crippen LogP contribution in [0.3, 0.4) is 0 Å². The van der Waals surface area contributed by atoms with Crippen LogP contribution in [0.15, 0.2) is 55.1 Å². The summed E-state index contributed by atoms with van der Waals surface area (Å²) in [5, 5.41) is 0. The van der Waals surface area contributed by atoms with Gasteiger partial charge in [0.2, 0.25) is 0 Å². The Morgan fingerprint density at radius 2 is 1.47 bits per heavy atom. The smallest absolute Gasteiger partial charge is 0.0162 e. The molecule has 170 valence electrons. The van der Waals surface area contributed by atoms with Crippen LogP contribution in [0.25, 0.3) is 11.1 Å². The molecule has 0 saturated heterocycles. The molecule has 0 aromatic heterocycles. The normalized spacial score (nSPS) is 30.5. The summed E-state index contributed by atoms with van der Waals surface area (Å²) >= 11 is 0. The largest absolute Gasteiger partial charge is 0.103 e. The fourth-order valence-electron chi connectivity index (χ4n) is 7.07. The van der Waals surface area contributed by atoms with Gasteiger partial charge in [-0.3, -0.25) is 0 Å². The average Bonchev–Trinajstić information content (AvgIpc) is 2.88. The Balaban J connectivity index is 1.23. The molecule has 0 heteroatoms. The van der Waals surface area contributed by atoms with Crippen molar-refractivity contribution >= 4 is 0 Å². The fraction of sp³-hybridized carbons (Fsp3) is 0.562. The van der Waals surface area contributed by atoms with Gasteiger partial charge in [-0.05, 0) is 115 Å². The van der Waals surface area contributed by atoms with E-state index in [1.54, 1.807) is 11.1 Å². The van der Waals surface area contributed by atoms with Crippen LogP contribution in [0.5, 0.6) is 0 Å². The molecular formula is C32H42. The van der Waals surface area contributed by atoms with E-state index in [4.69, 9.17) is 0 Å². The van der Waals surface area contributed by atoms with Gasteiger partial charge in [-0.1, -0.05) is 74.7 Å². The summed E-state index contributed by atoms with van der Waals surface area (Å²) in [7, 11) is 0. The van der Waals surface area contributed by atoms with Crippen LogP contribution in [0.4, 0.5) is 0 Å². The third-order valence-electron chi connectivity index (χ3n) is 9.43. The van der Waals surface area contributed by atoms with Crippen LogP contribution in [0.1, 0.15) is 93.7 Å². The number of fused-ring (bicyclic) bond motifs is 1. The van der Waals surface area contributed by atoms with Gasteiger partial charge in [0.15, 0.2) is 0 Å². The molecule has 0 N–H and O–H groups in total. The lowest BCUT2D eigenvalue weighted by Gasteiger charge is -2.36. The topological polar surface area (TPSA) is 0 Å². The van der Waals surface area contributed by atoms with E-state index < -0.39 is 0 Å². The molecule has 0 aliphatic heterocycles. The first-order valence-corrected chi connectivity index (χ1v) is 13.6. The van der Waals surface area contributed by atoms with Crippen LogP contribution in [0, 0.1) is 23.7 Å². The van der Waals surface area contributed by atoms with E-state index in [0.717, 1.165) is 29.6 Å². The number of hydrogen-bond acceptors (Lipinski definition) is 0. The highest BCUT2D eigenvalue weighted by atomic mass is 14.3. The van der Waals surface area contributed by atoms with Gasteiger partial charge >= 0.3 is 0 Å². The molecule has 0 nitrogen and oxygen atoms in total. The van der Waals surface area contributed by atoms with Crippen LogP contribution in [-0.4, -0.2) is 0 Å². The zero-order chi connectivity index (χ0) is 21.9. The highest BCUT2D eigenvalue weighted by Gasteiger charge is 2.29. The predicted octanol–water partition coefficient (Wildman–Crippen LogP) is 9.13. The highest BCUT2D eigenvalue weighted by Crippen LogP contribution is 2.41. The van der Waals surface area contributed by atoms with Gasteiger partial charge in [0.1, 0.15) is 0 Å². The molecule has 32 heavy (non-hydrogen) atoms. The first-order chi connectivity index (χ1) is 15.7. The maximum atomic E-state index is 3.99. The van der Waals surface area contributed by atoms with E-state index in [0.29, 0.717) is 0 Å². The molecule has 0 spiro atoms. The average molecular weight is 427 g/mol. The van der Waals surface area contributed by atoms with Gasteiger partial charge in [-0.2, -0.15) is 0 Å². The minimum atomic E-state index is 0.743. The minimum Gasteiger partial charge on any atom is -0.103 e. The second-order valence-corrected chi connectivity index (χ2v) is 11.1. The van der Waals surface area contributed by atoms with Crippen LogP contribution < -0.4 is 0 Å². The molecule has 0 heterocycles. The molecule has 2 aromatic carbocycles. The summed E-state index contributed by atoms with van der Waals surface area (Å²) in [5.41, 5.74) is 7.59. The summed E-state index contributed by atoms with van der Waals surface area (Å²) in [6.45, 7) is 6.37. The third kappa shape index (κ3) is 4.75. The third-order valence-corrected chi connectivity index (χ3v) is 9.43. The highest BCUT2D eigenvalue weighted by molar-refractivity contribution is 5.65.